The molecule has 0 aliphatic carbocycles. The van der Waals surface area contributed by atoms with E-state index in [2.05, 4.69) is 4.37 Å². The Morgan fingerprint density at radius 2 is 1.75 bits per heavy atom. The summed E-state index contributed by atoms with van der Waals surface area (Å²) in [5, 5.41) is 8.67. The van der Waals surface area contributed by atoms with Gasteiger partial charge in [0.15, 0.2) is 17.4 Å². The second-order valence-electron chi connectivity index (χ2n) is 6.87. The minimum Gasteiger partial charge on any atom is -0.483 e. The third kappa shape index (κ3) is 5.21. The van der Waals surface area contributed by atoms with Crippen molar-refractivity contribution in [2.75, 3.05) is 0 Å². The SMILES string of the molecule is Cc1ccc(-c2nsc(C(F)(F)F)c2COc2c(F)cc(CCC(=O)O)cc2F)cc1F. The average molecular weight is 475 g/mol. The fraction of sp³-hybridized carbons (Fsp3) is 0.238. The Morgan fingerprint density at radius 1 is 1.09 bits per heavy atom. The number of hydrogen-bond acceptors (Lipinski definition) is 4. The molecule has 1 heterocycles. The highest BCUT2D eigenvalue weighted by Gasteiger charge is 2.38. The van der Waals surface area contributed by atoms with Crippen molar-refractivity contribution in [3.05, 3.63) is 69.4 Å². The lowest BCUT2D eigenvalue weighted by atomic mass is 10.0. The van der Waals surface area contributed by atoms with Gasteiger partial charge in [-0.2, -0.15) is 17.5 Å². The molecule has 0 radical (unpaired) electrons. The maximum atomic E-state index is 14.3. The van der Waals surface area contributed by atoms with Crippen LogP contribution in [-0.2, 0) is 24.0 Å². The van der Waals surface area contributed by atoms with Crippen LogP contribution in [-0.4, -0.2) is 15.4 Å². The fourth-order valence-electron chi connectivity index (χ4n) is 2.92. The van der Waals surface area contributed by atoms with Gasteiger partial charge in [0.25, 0.3) is 0 Å². The predicted molar refractivity (Wildman–Crippen MR) is 104 cm³/mol. The number of aromatic nitrogens is 1. The topological polar surface area (TPSA) is 59.4 Å². The molecule has 1 N–H and O–H groups in total. The van der Waals surface area contributed by atoms with Gasteiger partial charge in [-0.3, -0.25) is 4.79 Å². The van der Waals surface area contributed by atoms with Gasteiger partial charge in [0.05, 0.1) is 5.69 Å². The fourth-order valence-corrected chi connectivity index (χ4v) is 3.69. The van der Waals surface area contributed by atoms with Crippen molar-refractivity contribution in [3.63, 3.8) is 0 Å². The molecule has 1 aromatic heterocycles. The summed E-state index contributed by atoms with van der Waals surface area (Å²) in [4.78, 5) is 9.48. The Bertz CT molecular complexity index is 1140. The first-order chi connectivity index (χ1) is 15.0. The predicted octanol–water partition coefficient (Wildman–Crippen LogP) is 6.15. The van der Waals surface area contributed by atoms with Crippen LogP contribution in [0.25, 0.3) is 11.3 Å². The number of nitrogens with zero attached hydrogens (tertiary/aromatic N) is 1. The molecule has 3 rings (SSSR count). The Kier molecular flexibility index (Phi) is 6.77. The number of aliphatic carboxylic acids is 1. The van der Waals surface area contributed by atoms with Crippen LogP contribution >= 0.6 is 11.5 Å². The summed E-state index contributed by atoms with van der Waals surface area (Å²) in [5.74, 6) is -5.10. The smallest absolute Gasteiger partial charge is 0.427 e. The molecule has 0 aliphatic heterocycles. The molecule has 0 saturated carbocycles. The minimum absolute atomic E-state index is 0.0544. The van der Waals surface area contributed by atoms with E-state index in [0.29, 0.717) is 0 Å². The van der Waals surface area contributed by atoms with E-state index >= 15 is 0 Å². The number of carboxylic acids is 1. The van der Waals surface area contributed by atoms with Crippen LogP contribution in [0, 0.1) is 24.4 Å². The van der Waals surface area contributed by atoms with Gasteiger partial charge in [-0.25, -0.2) is 13.2 Å². The van der Waals surface area contributed by atoms with E-state index in [1.165, 1.54) is 19.1 Å². The van der Waals surface area contributed by atoms with Crippen molar-refractivity contribution < 1.29 is 41.0 Å². The Balaban J connectivity index is 1.94. The summed E-state index contributed by atoms with van der Waals surface area (Å²) in [6.07, 6.45) is -5.31. The number of carbonyl (C=O) groups is 1. The molecule has 0 amide bonds. The average Bonchev–Trinajstić information content (AvgIpc) is 3.12. The van der Waals surface area contributed by atoms with E-state index in [1.807, 2.05) is 0 Å². The van der Waals surface area contributed by atoms with Crippen LogP contribution in [0.3, 0.4) is 0 Å². The highest BCUT2D eigenvalue weighted by molar-refractivity contribution is 7.06. The molecule has 0 unspecified atom stereocenters. The minimum atomic E-state index is -4.81. The van der Waals surface area contributed by atoms with Gasteiger partial charge in [-0.1, -0.05) is 12.1 Å². The van der Waals surface area contributed by atoms with Gasteiger partial charge >= 0.3 is 12.1 Å². The molecule has 0 aliphatic rings. The first-order valence-electron chi connectivity index (χ1n) is 9.12. The molecule has 2 aromatic carbocycles. The highest BCUT2D eigenvalue weighted by Crippen LogP contribution is 2.40. The lowest BCUT2D eigenvalue weighted by molar-refractivity contribution is -0.137. The largest absolute Gasteiger partial charge is 0.483 e. The number of aryl methyl sites for hydroxylation is 2. The van der Waals surface area contributed by atoms with Gasteiger partial charge in [0, 0.05) is 17.5 Å². The van der Waals surface area contributed by atoms with Gasteiger partial charge in [-0.05, 0) is 54.2 Å². The first-order valence-corrected chi connectivity index (χ1v) is 9.89. The van der Waals surface area contributed by atoms with Crippen molar-refractivity contribution in [1.29, 1.82) is 0 Å². The number of benzene rings is 2. The number of halogens is 6. The van der Waals surface area contributed by atoms with E-state index < -0.39 is 52.4 Å². The van der Waals surface area contributed by atoms with Crippen LogP contribution in [0.2, 0.25) is 0 Å². The summed E-state index contributed by atoms with van der Waals surface area (Å²) in [7, 11) is 0. The van der Waals surface area contributed by atoms with Crippen molar-refractivity contribution >= 4 is 17.5 Å². The molecule has 4 nitrogen and oxygen atoms in total. The molecule has 0 bridgehead atoms. The highest BCUT2D eigenvalue weighted by atomic mass is 32.1. The zero-order valence-electron chi connectivity index (χ0n) is 16.4. The van der Waals surface area contributed by atoms with Crippen LogP contribution in [0.1, 0.15) is 28.0 Å². The zero-order valence-corrected chi connectivity index (χ0v) is 17.2. The molecular formula is C21H15F6NO3S. The van der Waals surface area contributed by atoms with Crippen molar-refractivity contribution in [2.24, 2.45) is 0 Å². The Morgan fingerprint density at radius 3 is 2.31 bits per heavy atom. The number of hydrogen-bond donors (Lipinski definition) is 1. The Labute approximate surface area is 182 Å². The molecule has 11 heteroatoms. The maximum Gasteiger partial charge on any atom is 0.427 e. The van der Waals surface area contributed by atoms with Gasteiger partial charge < -0.3 is 9.84 Å². The lowest BCUT2D eigenvalue weighted by Gasteiger charge is -2.13. The van der Waals surface area contributed by atoms with Crippen LogP contribution in [0.5, 0.6) is 5.75 Å². The standard InChI is InChI=1S/C21H15F6NO3S/c1-10-2-4-12(8-14(10)22)18-13(20(32-28-18)21(25,26)27)9-31-19-15(23)6-11(7-16(19)24)3-5-17(29)30/h2,4,6-8H,3,5,9H2,1H3,(H,29,30). The quantitative estimate of drug-likeness (QED) is 0.417. The summed E-state index contributed by atoms with van der Waals surface area (Å²) in [6, 6.07) is 5.49. The third-order valence-corrected chi connectivity index (χ3v) is 5.47. The number of alkyl halides is 3. The van der Waals surface area contributed by atoms with E-state index in [9.17, 15) is 31.1 Å². The molecular weight excluding hydrogens is 460 g/mol. The summed E-state index contributed by atoms with van der Waals surface area (Å²) in [5.41, 5.74) is -0.299. The van der Waals surface area contributed by atoms with Crippen molar-refractivity contribution in [2.45, 2.75) is 32.5 Å². The maximum absolute atomic E-state index is 14.3. The number of carboxylic acid groups (broad SMARTS) is 1. The van der Waals surface area contributed by atoms with Gasteiger partial charge in [0.2, 0.25) is 0 Å². The van der Waals surface area contributed by atoms with E-state index in [-0.39, 0.29) is 46.8 Å². The normalized spacial score (nSPS) is 11.6. The lowest BCUT2D eigenvalue weighted by Crippen LogP contribution is -2.09. The molecule has 170 valence electrons. The van der Waals surface area contributed by atoms with Crippen LogP contribution in [0.4, 0.5) is 26.3 Å². The second kappa shape index (κ2) is 9.19. The molecule has 3 aromatic rings. The number of ether oxygens (including phenoxy) is 1. The van der Waals surface area contributed by atoms with Gasteiger partial charge in [0.1, 0.15) is 17.3 Å². The third-order valence-electron chi connectivity index (χ3n) is 4.54. The monoisotopic (exact) mass is 475 g/mol. The van der Waals surface area contributed by atoms with Crippen LogP contribution in [0.15, 0.2) is 30.3 Å². The summed E-state index contributed by atoms with van der Waals surface area (Å²) >= 11 is 0.123. The molecule has 32 heavy (non-hydrogen) atoms. The van der Waals surface area contributed by atoms with E-state index in [1.54, 1.807) is 0 Å². The van der Waals surface area contributed by atoms with E-state index in [4.69, 9.17) is 9.84 Å². The molecule has 0 atom stereocenters. The molecule has 0 fully saturated rings. The number of rotatable bonds is 7. The summed E-state index contributed by atoms with van der Waals surface area (Å²) in [6.45, 7) is 0.607. The Hall–Kier alpha value is -3.08. The molecule has 0 saturated heterocycles. The van der Waals surface area contributed by atoms with E-state index in [0.717, 1.165) is 18.2 Å². The second-order valence-corrected chi connectivity index (χ2v) is 7.64. The summed E-state index contributed by atoms with van der Waals surface area (Å²) < 4.78 is 91.8. The first kappa shape index (κ1) is 23.6. The van der Waals surface area contributed by atoms with Crippen molar-refractivity contribution in [1.82, 2.24) is 4.37 Å². The van der Waals surface area contributed by atoms with Crippen LogP contribution < -0.4 is 4.74 Å². The zero-order chi connectivity index (χ0) is 23.6. The van der Waals surface area contributed by atoms with Crippen molar-refractivity contribution in [3.8, 4) is 17.0 Å². The van der Waals surface area contributed by atoms with Gasteiger partial charge in [-0.15, -0.1) is 0 Å². The molecule has 0 spiro atoms.